The predicted molar refractivity (Wildman–Crippen MR) is 50.0 cm³/mol. The van der Waals surface area contributed by atoms with Crippen molar-refractivity contribution in [3.63, 3.8) is 0 Å². The van der Waals surface area contributed by atoms with Crippen molar-refractivity contribution in [1.82, 2.24) is 0 Å². The first-order valence-corrected chi connectivity index (χ1v) is 4.16. The molecule has 0 N–H and O–H groups in total. The molecular formula is C10H13NO. The summed E-state index contributed by atoms with van der Waals surface area (Å²) in [7, 11) is 0. The van der Waals surface area contributed by atoms with Crippen molar-refractivity contribution in [2.45, 2.75) is 13.3 Å². The summed E-state index contributed by atoms with van der Waals surface area (Å²) in [6, 6.07) is 10.2. The van der Waals surface area contributed by atoms with Gasteiger partial charge < -0.3 is 0 Å². The largest absolute Gasteiger partial charge is 0.151 e. The molecule has 0 amide bonds. The molecule has 1 unspecified atom stereocenters. The minimum Gasteiger partial charge on any atom is -0.151 e. The van der Waals surface area contributed by atoms with E-state index in [1.807, 2.05) is 25.1 Å². The van der Waals surface area contributed by atoms with Gasteiger partial charge in [0, 0.05) is 0 Å². The highest BCUT2D eigenvalue weighted by atomic mass is 16.3. The molecule has 0 aliphatic rings. The molecular weight excluding hydrogens is 150 g/mol. The van der Waals surface area contributed by atoms with Crippen LogP contribution in [0.4, 0.5) is 0 Å². The molecule has 1 rings (SSSR count). The molecule has 0 radical (unpaired) electrons. The van der Waals surface area contributed by atoms with Crippen LogP contribution in [-0.2, 0) is 6.42 Å². The van der Waals surface area contributed by atoms with Gasteiger partial charge in [-0.1, -0.05) is 42.4 Å². The summed E-state index contributed by atoms with van der Waals surface area (Å²) in [4.78, 5) is 9.96. The van der Waals surface area contributed by atoms with Crippen LogP contribution in [0.15, 0.2) is 35.5 Å². The van der Waals surface area contributed by atoms with Crippen molar-refractivity contribution >= 4 is 0 Å². The van der Waals surface area contributed by atoms with Crippen LogP contribution in [0.2, 0.25) is 0 Å². The molecule has 1 aromatic carbocycles. The molecule has 0 heterocycles. The van der Waals surface area contributed by atoms with E-state index in [4.69, 9.17) is 0 Å². The Kier molecular flexibility index (Phi) is 3.45. The van der Waals surface area contributed by atoms with Crippen LogP contribution in [0.25, 0.3) is 0 Å². The van der Waals surface area contributed by atoms with Crippen LogP contribution in [0.3, 0.4) is 0 Å². The fourth-order valence-corrected chi connectivity index (χ4v) is 1.21. The van der Waals surface area contributed by atoms with Crippen molar-refractivity contribution in [2.75, 3.05) is 6.54 Å². The Morgan fingerprint density at radius 3 is 2.58 bits per heavy atom. The summed E-state index contributed by atoms with van der Waals surface area (Å²) in [5, 5.41) is 2.88. The van der Waals surface area contributed by atoms with Crippen molar-refractivity contribution in [3.8, 4) is 0 Å². The second-order valence-electron chi connectivity index (χ2n) is 3.11. The molecule has 1 aromatic rings. The maximum atomic E-state index is 9.96. The lowest BCUT2D eigenvalue weighted by molar-refractivity contribution is 0.592. The van der Waals surface area contributed by atoms with Gasteiger partial charge in [-0.3, -0.25) is 0 Å². The predicted octanol–water partition coefficient (Wildman–Crippen LogP) is 2.63. The maximum absolute atomic E-state index is 9.96. The third-order valence-electron chi connectivity index (χ3n) is 1.81. The van der Waals surface area contributed by atoms with Crippen molar-refractivity contribution in [3.05, 3.63) is 40.8 Å². The van der Waals surface area contributed by atoms with Gasteiger partial charge in [-0.2, -0.15) is 4.91 Å². The Labute approximate surface area is 72.6 Å². The smallest absolute Gasteiger partial charge is 0.0839 e. The van der Waals surface area contributed by atoms with E-state index in [1.54, 1.807) is 0 Å². The number of nitroso groups, excluding NO2 is 1. The summed E-state index contributed by atoms with van der Waals surface area (Å²) in [5.74, 6) is 0.352. The van der Waals surface area contributed by atoms with E-state index in [1.165, 1.54) is 5.56 Å². The third-order valence-corrected chi connectivity index (χ3v) is 1.81. The van der Waals surface area contributed by atoms with E-state index in [9.17, 15) is 4.91 Å². The Hall–Kier alpha value is -1.18. The summed E-state index contributed by atoms with van der Waals surface area (Å²) >= 11 is 0. The molecule has 1 atom stereocenters. The molecule has 2 heteroatoms. The Bertz CT molecular complexity index is 233. The maximum Gasteiger partial charge on any atom is 0.0839 e. The fraction of sp³-hybridized carbons (Fsp3) is 0.400. The van der Waals surface area contributed by atoms with Gasteiger partial charge in [-0.25, -0.2) is 0 Å². The van der Waals surface area contributed by atoms with E-state index in [0.29, 0.717) is 12.5 Å². The minimum absolute atomic E-state index is 0.352. The van der Waals surface area contributed by atoms with Gasteiger partial charge in [0.15, 0.2) is 0 Å². The van der Waals surface area contributed by atoms with Gasteiger partial charge in [0.2, 0.25) is 0 Å². The number of hydrogen-bond donors (Lipinski definition) is 0. The molecule has 64 valence electrons. The highest BCUT2D eigenvalue weighted by molar-refractivity contribution is 5.15. The van der Waals surface area contributed by atoms with Crippen molar-refractivity contribution < 1.29 is 0 Å². The first kappa shape index (κ1) is 8.91. The zero-order valence-electron chi connectivity index (χ0n) is 7.23. The van der Waals surface area contributed by atoms with Crippen LogP contribution >= 0.6 is 0 Å². The minimum atomic E-state index is 0.352. The average molecular weight is 163 g/mol. The molecule has 2 nitrogen and oxygen atoms in total. The second kappa shape index (κ2) is 4.65. The number of benzene rings is 1. The van der Waals surface area contributed by atoms with Gasteiger partial charge in [-0.05, 0) is 17.9 Å². The summed E-state index contributed by atoms with van der Waals surface area (Å²) in [5.41, 5.74) is 1.27. The van der Waals surface area contributed by atoms with Crippen molar-refractivity contribution in [1.29, 1.82) is 0 Å². The number of rotatable bonds is 4. The zero-order valence-corrected chi connectivity index (χ0v) is 7.23. The Balaban J connectivity index is 2.46. The van der Waals surface area contributed by atoms with Crippen LogP contribution < -0.4 is 0 Å². The highest BCUT2D eigenvalue weighted by Crippen LogP contribution is 2.07. The van der Waals surface area contributed by atoms with E-state index < -0.39 is 0 Å². The fourth-order valence-electron chi connectivity index (χ4n) is 1.21. The molecule has 12 heavy (non-hydrogen) atoms. The van der Waals surface area contributed by atoms with Gasteiger partial charge in [0.05, 0.1) is 6.54 Å². The van der Waals surface area contributed by atoms with Crippen LogP contribution in [0, 0.1) is 10.8 Å². The van der Waals surface area contributed by atoms with Gasteiger partial charge in [0.25, 0.3) is 0 Å². The molecule has 0 fully saturated rings. The Morgan fingerprint density at radius 1 is 1.33 bits per heavy atom. The van der Waals surface area contributed by atoms with E-state index in [2.05, 4.69) is 17.3 Å². The van der Waals surface area contributed by atoms with Crippen LogP contribution in [0.1, 0.15) is 12.5 Å². The van der Waals surface area contributed by atoms with Gasteiger partial charge in [0.1, 0.15) is 0 Å². The number of nitrogens with zero attached hydrogens (tertiary/aromatic N) is 1. The Morgan fingerprint density at radius 2 is 2.00 bits per heavy atom. The summed E-state index contributed by atoms with van der Waals surface area (Å²) in [6.07, 6.45) is 0.937. The molecule has 0 saturated heterocycles. The molecule has 0 aliphatic carbocycles. The standard InChI is InChI=1S/C10H13NO/c1-9(8-11-12)7-10-5-3-2-4-6-10/h2-6,9H,7-8H2,1H3. The van der Waals surface area contributed by atoms with Crippen molar-refractivity contribution in [2.24, 2.45) is 11.1 Å². The van der Waals surface area contributed by atoms with Gasteiger partial charge >= 0.3 is 0 Å². The lowest BCUT2D eigenvalue weighted by Crippen LogP contribution is -2.02. The van der Waals surface area contributed by atoms with E-state index in [0.717, 1.165) is 6.42 Å². The van der Waals surface area contributed by atoms with E-state index >= 15 is 0 Å². The van der Waals surface area contributed by atoms with E-state index in [-0.39, 0.29) is 0 Å². The van der Waals surface area contributed by atoms with Crippen LogP contribution in [0.5, 0.6) is 0 Å². The third kappa shape index (κ3) is 2.82. The summed E-state index contributed by atoms with van der Waals surface area (Å²) in [6.45, 7) is 2.45. The summed E-state index contributed by atoms with van der Waals surface area (Å²) < 4.78 is 0. The van der Waals surface area contributed by atoms with Crippen LogP contribution in [-0.4, -0.2) is 6.54 Å². The highest BCUT2D eigenvalue weighted by Gasteiger charge is 2.02. The number of hydrogen-bond acceptors (Lipinski definition) is 2. The normalized spacial score (nSPS) is 12.4. The SMILES string of the molecule is CC(CN=O)Cc1ccccc1. The monoisotopic (exact) mass is 163 g/mol. The molecule has 0 aromatic heterocycles. The first-order chi connectivity index (χ1) is 5.83. The second-order valence-corrected chi connectivity index (χ2v) is 3.11. The molecule has 0 bridgehead atoms. The quantitative estimate of drug-likeness (QED) is 0.627. The molecule has 0 aliphatic heterocycles. The lowest BCUT2D eigenvalue weighted by atomic mass is 10.0. The molecule has 0 saturated carbocycles. The zero-order chi connectivity index (χ0) is 8.81. The topological polar surface area (TPSA) is 29.4 Å². The lowest BCUT2D eigenvalue weighted by Gasteiger charge is -2.05. The first-order valence-electron chi connectivity index (χ1n) is 4.16. The van der Waals surface area contributed by atoms with Gasteiger partial charge in [-0.15, -0.1) is 0 Å². The molecule has 0 spiro atoms. The average Bonchev–Trinajstić information content (AvgIpc) is 2.06.